The fourth-order valence-corrected chi connectivity index (χ4v) is 2.29. The number of tetrazole rings is 1. The van der Waals surface area contributed by atoms with Crippen LogP contribution in [-0.2, 0) is 11.8 Å². The van der Waals surface area contributed by atoms with Crippen LogP contribution in [-0.4, -0.2) is 31.9 Å². The van der Waals surface area contributed by atoms with Crippen molar-refractivity contribution >= 4 is 39.3 Å². The summed E-state index contributed by atoms with van der Waals surface area (Å²) in [5, 5.41) is 14.4. The van der Waals surface area contributed by atoms with Crippen LogP contribution in [0.2, 0.25) is 0 Å². The van der Waals surface area contributed by atoms with Crippen LogP contribution in [0, 0.1) is 0 Å². The van der Waals surface area contributed by atoms with E-state index in [2.05, 4.69) is 36.8 Å². The molecule has 1 N–H and O–H groups in total. The third-order valence-electron chi connectivity index (χ3n) is 2.02. The number of amides is 1. The summed E-state index contributed by atoms with van der Waals surface area (Å²) in [6.07, 6.45) is 0. The van der Waals surface area contributed by atoms with E-state index in [1.54, 1.807) is 7.05 Å². The molecule has 94 valence electrons. The van der Waals surface area contributed by atoms with Crippen molar-refractivity contribution in [3.63, 3.8) is 0 Å². The van der Waals surface area contributed by atoms with Gasteiger partial charge in [0.05, 0.1) is 5.75 Å². The molecular weight excluding hydrogens is 318 g/mol. The van der Waals surface area contributed by atoms with E-state index in [0.29, 0.717) is 5.16 Å². The molecule has 1 aromatic carbocycles. The van der Waals surface area contributed by atoms with E-state index < -0.39 is 0 Å². The van der Waals surface area contributed by atoms with Crippen molar-refractivity contribution in [1.82, 2.24) is 20.2 Å². The van der Waals surface area contributed by atoms with E-state index in [4.69, 9.17) is 0 Å². The third-order valence-corrected chi connectivity index (χ3v) is 3.53. The molecule has 0 aliphatic rings. The highest BCUT2D eigenvalue weighted by Gasteiger charge is 2.07. The molecule has 0 unspecified atom stereocenters. The Labute approximate surface area is 116 Å². The van der Waals surface area contributed by atoms with Crippen LogP contribution < -0.4 is 5.32 Å². The maximum Gasteiger partial charge on any atom is 0.234 e. The Morgan fingerprint density at radius 2 is 2.39 bits per heavy atom. The number of thioether (sulfide) groups is 1. The number of hydrogen-bond acceptors (Lipinski definition) is 5. The molecule has 0 saturated heterocycles. The number of aromatic nitrogens is 4. The summed E-state index contributed by atoms with van der Waals surface area (Å²) in [4.78, 5) is 11.7. The minimum Gasteiger partial charge on any atom is -0.325 e. The highest BCUT2D eigenvalue weighted by Crippen LogP contribution is 2.17. The smallest absolute Gasteiger partial charge is 0.234 e. The number of benzene rings is 1. The Balaban J connectivity index is 1.88. The highest BCUT2D eigenvalue weighted by atomic mass is 79.9. The zero-order valence-electron chi connectivity index (χ0n) is 9.50. The lowest BCUT2D eigenvalue weighted by molar-refractivity contribution is -0.113. The second-order valence-electron chi connectivity index (χ2n) is 3.43. The Hall–Kier alpha value is -1.41. The van der Waals surface area contributed by atoms with Crippen molar-refractivity contribution in [2.75, 3.05) is 11.1 Å². The van der Waals surface area contributed by atoms with Gasteiger partial charge in [0.2, 0.25) is 11.1 Å². The minimum absolute atomic E-state index is 0.0962. The molecule has 0 aliphatic carbocycles. The number of nitrogens with one attached hydrogen (secondary N) is 1. The summed E-state index contributed by atoms with van der Waals surface area (Å²) in [5.74, 6) is 0.168. The van der Waals surface area contributed by atoms with Crippen LogP contribution >= 0.6 is 27.7 Å². The number of rotatable bonds is 4. The number of carbonyl (C=O) groups is 1. The molecule has 0 saturated carbocycles. The molecule has 2 rings (SSSR count). The lowest BCUT2D eigenvalue weighted by Gasteiger charge is -2.04. The lowest BCUT2D eigenvalue weighted by Crippen LogP contribution is -2.14. The molecule has 1 heterocycles. The topological polar surface area (TPSA) is 72.7 Å². The Bertz CT molecular complexity index is 559. The predicted molar refractivity (Wildman–Crippen MR) is 72.3 cm³/mol. The molecule has 0 spiro atoms. The quantitative estimate of drug-likeness (QED) is 0.865. The van der Waals surface area contributed by atoms with Gasteiger partial charge in [-0.1, -0.05) is 33.8 Å². The van der Waals surface area contributed by atoms with Gasteiger partial charge in [0.15, 0.2) is 0 Å². The molecule has 8 heteroatoms. The lowest BCUT2D eigenvalue weighted by atomic mass is 10.3. The number of halogens is 1. The number of aryl methyl sites for hydroxylation is 1. The largest absolute Gasteiger partial charge is 0.325 e. The van der Waals surface area contributed by atoms with Gasteiger partial charge < -0.3 is 5.32 Å². The van der Waals surface area contributed by atoms with Gasteiger partial charge in [-0.25, -0.2) is 4.68 Å². The summed E-state index contributed by atoms with van der Waals surface area (Å²) in [6.45, 7) is 0. The molecule has 1 amide bonds. The Morgan fingerprint density at radius 1 is 1.56 bits per heavy atom. The summed E-state index contributed by atoms with van der Waals surface area (Å²) in [7, 11) is 1.73. The summed E-state index contributed by atoms with van der Waals surface area (Å²) in [5.41, 5.74) is 0.756. The van der Waals surface area contributed by atoms with E-state index in [1.165, 1.54) is 16.4 Å². The maximum absolute atomic E-state index is 11.7. The molecule has 0 bridgehead atoms. The van der Waals surface area contributed by atoms with E-state index >= 15 is 0 Å². The van der Waals surface area contributed by atoms with Crippen molar-refractivity contribution in [2.24, 2.45) is 7.05 Å². The number of nitrogens with zero attached hydrogens (tertiary/aromatic N) is 4. The molecule has 0 aliphatic heterocycles. The van der Waals surface area contributed by atoms with Crippen molar-refractivity contribution < 1.29 is 4.79 Å². The standard InChI is InChI=1S/C10H10BrN5OS/c1-16-10(13-14-15-16)18-6-9(17)12-8-4-2-3-7(11)5-8/h2-5H,6H2,1H3,(H,12,17). The maximum atomic E-state index is 11.7. The van der Waals surface area contributed by atoms with Gasteiger partial charge in [-0.15, -0.1) is 5.10 Å². The van der Waals surface area contributed by atoms with Crippen molar-refractivity contribution in [1.29, 1.82) is 0 Å². The normalized spacial score (nSPS) is 10.3. The van der Waals surface area contributed by atoms with Crippen molar-refractivity contribution in [3.8, 4) is 0 Å². The van der Waals surface area contributed by atoms with Gasteiger partial charge in [-0.05, 0) is 28.6 Å². The fourth-order valence-electron chi connectivity index (χ4n) is 1.24. The second-order valence-corrected chi connectivity index (χ2v) is 5.29. The molecule has 0 fully saturated rings. The first-order valence-corrected chi connectivity index (χ1v) is 6.83. The van der Waals surface area contributed by atoms with E-state index in [0.717, 1.165) is 10.2 Å². The van der Waals surface area contributed by atoms with Gasteiger partial charge >= 0.3 is 0 Å². The molecule has 6 nitrogen and oxygen atoms in total. The molecular formula is C10H10BrN5OS. The molecule has 0 radical (unpaired) electrons. The predicted octanol–water partition coefficient (Wildman–Crippen LogP) is 1.70. The molecule has 0 atom stereocenters. The van der Waals surface area contributed by atoms with Crippen molar-refractivity contribution in [3.05, 3.63) is 28.7 Å². The first-order valence-electron chi connectivity index (χ1n) is 5.06. The molecule has 2 aromatic rings. The molecule has 1 aromatic heterocycles. The van der Waals surface area contributed by atoms with Gasteiger partial charge in [-0.2, -0.15) is 0 Å². The SMILES string of the molecule is Cn1nnnc1SCC(=O)Nc1cccc(Br)c1. The van der Waals surface area contributed by atoms with Gasteiger partial charge in [0, 0.05) is 17.2 Å². The second kappa shape index (κ2) is 5.96. The first kappa shape index (κ1) is 13.0. The monoisotopic (exact) mass is 327 g/mol. The summed E-state index contributed by atoms with van der Waals surface area (Å²) in [6, 6.07) is 7.43. The van der Waals surface area contributed by atoms with E-state index in [1.807, 2.05) is 24.3 Å². The van der Waals surface area contributed by atoms with Crippen LogP contribution in [0.3, 0.4) is 0 Å². The average molecular weight is 328 g/mol. The van der Waals surface area contributed by atoms with Crippen molar-refractivity contribution in [2.45, 2.75) is 5.16 Å². The van der Waals surface area contributed by atoms with Crippen LogP contribution in [0.15, 0.2) is 33.9 Å². The van der Waals surface area contributed by atoms with Crippen LogP contribution in [0.4, 0.5) is 5.69 Å². The van der Waals surface area contributed by atoms with Crippen LogP contribution in [0.25, 0.3) is 0 Å². The highest BCUT2D eigenvalue weighted by molar-refractivity contribution is 9.10. The van der Waals surface area contributed by atoms with Crippen LogP contribution in [0.5, 0.6) is 0 Å². The number of hydrogen-bond donors (Lipinski definition) is 1. The zero-order chi connectivity index (χ0) is 13.0. The molecule has 18 heavy (non-hydrogen) atoms. The van der Waals surface area contributed by atoms with Crippen LogP contribution in [0.1, 0.15) is 0 Å². The summed E-state index contributed by atoms with van der Waals surface area (Å²) < 4.78 is 2.45. The van der Waals surface area contributed by atoms with Gasteiger partial charge in [0.1, 0.15) is 0 Å². The van der Waals surface area contributed by atoms with Gasteiger partial charge in [0.25, 0.3) is 0 Å². The average Bonchev–Trinajstić information content (AvgIpc) is 2.72. The Kier molecular flexibility index (Phi) is 4.32. The first-order chi connectivity index (χ1) is 8.65. The Morgan fingerprint density at radius 3 is 3.06 bits per heavy atom. The van der Waals surface area contributed by atoms with E-state index in [9.17, 15) is 4.79 Å². The number of anilines is 1. The third kappa shape index (κ3) is 3.54. The number of carbonyl (C=O) groups excluding carboxylic acids is 1. The summed E-state index contributed by atoms with van der Waals surface area (Å²) >= 11 is 4.63. The fraction of sp³-hybridized carbons (Fsp3) is 0.200. The van der Waals surface area contributed by atoms with Gasteiger partial charge in [-0.3, -0.25) is 4.79 Å². The minimum atomic E-state index is -0.0962. The zero-order valence-corrected chi connectivity index (χ0v) is 11.9. The van der Waals surface area contributed by atoms with E-state index in [-0.39, 0.29) is 11.7 Å².